The van der Waals surface area contributed by atoms with Crippen LogP contribution < -0.4 is 4.74 Å². The molecule has 6 heteroatoms. The van der Waals surface area contributed by atoms with E-state index in [2.05, 4.69) is 20.2 Å². The van der Waals surface area contributed by atoms with Gasteiger partial charge in [0.15, 0.2) is 0 Å². The summed E-state index contributed by atoms with van der Waals surface area (Å²) < 4.78 is 5.35. The number of rotatable bonds is 4. The van der Waals surface area contributed by atoms with Gasteiger partial charge in [-0.15, -0.1) is 0 Å². The molecule has 0 aliphatic rings. The normalized spacial score (nSPS) is 9.71. The highest BCUT2D eigenvalue weighted by Gasteiger charge is 2.02. The van der Waals surface area contributed by atoms with E-state index in [0.717, 1.165) is 17.0 Å². The molecule has 0 aliphatic carbocycles. The maximum Gasteiger partial charge on any atom is 0.122 e. The first-order valence-corrected chi connectivity index (χ1v) is 5.17. The minimum Gasteiger partial charge on any atom is -0.494 e. The van der Waals surface area contributed by atoms with Crippen LogP contribution in [0.5, 0.6) is 5.75 Å². The Morgan fingerprint density at radius 3 is 2.82 bits per heavy atom. The van der Waals surface area contributed by atoms with E-state index in [1.54, 1.807) is 6.07 Å². The van der Waals surface area contributed by atoms with E-state index in [1.165, 1.54) is 0 Å². The van der Waals surface area contributed by atoms with Crippen molar-refractivity contribution in [3.05, 3.63) is 40.8 Å². The van der Waals surface area contributed by atoms with Crippen molar-refractivity contribution < 1.29 is 4.74 Å². The van der Waals surface area contributed by atoms with Gasteiger partial charge in [0, 0.05) is 10.5 Å². The number of aromatic amines is 1. The lowest BCUT2D eigenvalue weighted by molar-refractivity contribution is 0.340. The summed E-state index contributed by atoms with van der Waals surface area (Å²) >= 11 is 0. The Kier molecular flexibility index (Phi) is 3.28. The summed E-state index contributed by atoms with van der Waals surface area (Å²) in [7, 11) is 0. The molecule has 0 bridgehead atoms. The zero-order valence-electron chi connectivity index (χ0n) is 9.29. The van der Waals surface area contributed by atoms with E-state index in [0.29, 0.717) is 12.4 Å². The van der Waals surface area contributed by atoms with Gasteiger partial charge < -0.3 is 4.74 Å². The maximum atomic E-state index is 8.29. The molecule has 2 rings (SSSR count). The van der Waals surface area contributed by atoms with Crippen molar-refractivity contribution in [2.75, 3.05) is 6.61 Å². The topological polar surface area (TPSA) is 86.7 Å². The molecule has 0 aliphatic heterocycles. The molecule has 2 aromatic rings. The third-order valence-electron chi connectivity index (χ3n) is 2.18. The van der Waals surface area contributed by atoms with Crippen LogP contribution in [0, 0.1) is 0 Å². The predicted molar refractivity (Wildman–Crippen MR) is 64.0 cm³/mol. The highest BCUT2D eigenvalue weighted by molar-refractivity contribution is 5.62. The van der Waals surface area contributed by atoms with Crippen LogP contribution in [0.25, 0.3) is 21.7 Å². The van der Waals surface area contributed by atoms with Gasteiger partial charge in [-0.05, 0) is 47.9 Å². The first-order chi connectivity index (χ1) is 8.33. The van der Waals surface area contributed by atoms with Crippen molar-refractivity contribution in [3.63, 3.8) is 0 Å². The summed E-state index contributed by atoms with van der Waals surface area (Å²) in [5.41, 5.74) is 9.96. The van der Waals surface area contributed by atoms with E-state index in [1.807, 2.05) is 31.2 Å². The van der Waals surface area contributed by atoms with Crippen LogP contribution in [-0.2, 0) is 0 Å². The number of ether oxygens (including phenoxy) is 1. The first-order valence-electron chi connectivity index (χ1n) is 5.17. The molecule has 86 valence electrons. The van der Waals surface area contributed by atoms with Gasteiger partial charge in [-0.3, -0.25) is 5.10 Å². The second kappa shape index (κ2) is 5.05. The van der Waals surface area contributed by atoms with E-state index in [4.69, 9.17) is 10.3 Å². The fourth-order valence-corrected chi connectivity index (χ4v) is 1.45. The SMILES string of the molecule is CCOc1ccc(-c2cc(N=[N+]=[N-])[nH]n2)cc1. The molecule has 1 aromatic carbocycles. The number of hydrogen-bond donors (Lipinski definition) is 1. The fourth-order valence-electron chi connectivity index (χ4n) is 1.45. The molecule has 0 fully saturated rings. The smallest absolute Gasteiger partial charge is 0.122 e. The minimum absolute atomic E-state index is 0.399. The van der Waals surface area contributed by atoms with Gasteiger partial charge in [0.05, 0.1) is 12.3 Å². The Bertz CT molecular complexity index is 539. The maximum absolute atomic E-state index is 8.29. The number of nitrogens with one attached hydrogen (secondary N) is 1. The van der Waals surface area contributed by atoms with Crippen LogP contribution in [0.2, 0.25) is 0 Å². The highest BCUT2D eigenvalue weighted by atomic mass is 16.5. The highest BCUT2D eigenvalue weighted by Crippen LogP contribution is 2.23. The standard InChI is InChI=1S/C11H11N5O/c1-2-17-9-5-3-8(4-6-9)10-7-11(14-13-10)15-16-12/h3-7H,2H2,1H3,(H,13,14). The lowest BCUT2D eigenvalue weighted by atomic mass is 10.1. The zero-order valence-corrected chi connectivity index (χ0v) is 9.29. The average molecular weight is 229 g/mol. The molecule has 0 saturated carbocycles. The van der Waals surface area contributed by atoms with Crippen LogP contribution in [-0.4, -0.2) is 16.8 Å². The Labute approximate surface area is 97.9 Å². The molecular formula is C11H11N5O. The van der Waals surface area contributed by atoms with Crippen molar-refractivity contribution in [2.45, 2.75) is 6.92 Å². The number of benzene rings is 1. The summed E-state index contributed by atoms with van der Waals surface area (Å²) in [5, 5.41) is 10.1. The molecule has 0 unspecified atom stereocenters. The van der Waals surface area contributed by atoms with Gasteiger partial charge in [-0.1, -0.05) is 0 Å². The first kappa shape index (κ1) is 11.0. The third-order valence-corrected chi connectivity index (χ3v) is 2.18. The Balaban J connectivity index is 2.23. The molecule has 0 spiro atoms. The van der Waals surface area contributed by atoms with Gasteiger partial charge in [0.25, 0.3) is 0 Å². The van der Waals surface area contributed by atoms with Crippen LogP contribution >= 0.6 is 0 Å². The summed E-state index contributed by atoms with van der Waals surface area (Å²) in [6.45, 7) is 2.58. The summed E-state index contributed by atoms with van der Waals surface area (Å²) in [4.78, 5) is 2.69. The quantitative estimate of drug-likeness (QED) is 0.494. The van der Waals surface area contributed by atoms with E-state index in [-0.39, 0.29) is 0 Å². The van der Waals surface area contributed by atoms with Gasteiger partial charge >= 0.3 is 0 Å². The second-order valence-corrected chi connectivity index (χ2v) is 3.29. The number of aromatic nitrogens is 2. The summed E-state index contributed by atoms with van der Waals surface area (Å²) in [5.74, 6) is 1.22. The molecule has 0 amide bonds. The molecule has 0 radical (unpaired) electrons. The van der Waals surface area contributed by atoms with Crippen molar-refractivity contribution in [2.24, 2.45) is 5.11 Å². The van der Waals surface area contributed by atoms with E-state index in [9.17, 15) is 0 Å². The van der Waals surface area contributed by atoms with E-state index < -0.39 is 0 Å². The number of hydrogen-bond acceptors (Lipinski definition) is 3. The Morgan fingerprint density at radius 1 is 1.41 bits per heavy atom. The summed E-state index contributed by atoms with van der Waals surface area (Å²) in [6, 6.07) is 9.25. The molecule has 1 heterocycles. The number of H-pyrrole nitrogens is 1. The summed E-state index contributed by atoms with van der Waals surface area (Å²) in [6.07, 6.45) is 0. The van der Waals surface area contributed by atoms with Crippen molar-refractivity contribution >= 4 is 5.82 Å². The molecule has 1 N–H and O–H groups in total. The van der Waals surface area contributed by atoms with Gasteiger partial charge in [-0.25, -0.2) is 0 Å². The van der Waals surface area contributed by atoms with Crippen LogP contribution in [0.3, 0.4) is 0 Å². The third kappa shape index (κ3) is 2.56. The van der Waals surface area contributed by atoms with E-state index >= 15 is 0 Å². The molecule has 17 heavy (non-hydrogen) atoms. The lowest BCUT2D eigenvalue weighted by Crippen LogP contribution is -1.90. The molecule has 6 nitrogen and oxygen atoms in total. The Morgan fingerprint density at radius 2 is 2.18 bits per heavy atom. The monoisotopic (exact) mass is 229 g/mol. The Hall–Kier alpha value is -2.46. The van der Waals surface area contributed by atoms with Gasteiger partial charge in [0.2, 0.25) is 0 Å². The fraction of sp³-hybridized carbons (Fsp3) is 0.182. The van der Waals surface area contributed by atoms with Crippen LogP contribution in [0.15, 0.2) is 35.4 Å². The molecule has 0 atom stereocenters. The average Bonchev–Trinajstić information content (AvgIpc) is 2.80. The number of nitrogens with zero attached hydrogens (tertiary/aromatic N) is 4. The van der Waals surface area contributed by atoms with Crippen molar-refractivity contribution in [3.8, 4) is 17.0 Å². The van der Waals surface area contributed by atoms with Crippen molar-refractivity contribution in [1.82, 2.24) is 10.2 Å². The van der Waals surface area contributed by atoms with Gasteiger partial charge in [0.1, 0.15) is 11.6 Å². The molecule has 1 aromatic heterocycles. The zero-order chi connectivity index (χ0) is 12.1. The molecular weight excluding hydrogens is 218 g/mol. The van der Waals surface area contributed by atoms with Crippen LogP contribution in [0.1, 0.15) is 6.92 Å². The van der Waals surface area contributed by atoms with Crippen molar-refractivity contribution in [1.29, 1.82) is 0 Å². The van der Waals surface area contributed by atoms with Crippen LogP contribution in [0.4, 0.5) is 5.82 Å². The molecule has 0 saturated heterocycles. The minimum atomic E-state index is 0.399. The second-order valence-electron chi connectivity index (χ2n) is 3.29. The lowest BCUT2D eigenvalue weighted by Gasteiger charge is -2.02. The largest absolute Gasteiger partial charge is 0.494 e. The van der Waals surface area contributed by atoms with Gasteiger partial charge in [-0.2, -0.15) is 5.10 Å². The predicted octanol–water partition coefficient (Wildman–Crippen LogP) is 3.42. The number of azide groups is 1.